The largest absolute Gasteiger partial charge is 0.748 e. The van der Waals surface area contributed by atoms with Gasteiger partial charge in [0.1, 0.15) is 12.6 Å². The van der Waals surface area contributed by atoms with E-state index >= 15 is 0 Å². The van der Waals surface area contributed by atoms with E-state index in [-0.39, 0.29) is 6.54 Å². The molecule has 1 unspecified atom stereocenters. The van der Waals surface area contributed by atoms with Crippen molar-refractivity contribution in [2.24, 2.45) is 0 Å². The number of likely N-dealkylation sites (N-methyl/N-ethyl adjacent to an activating group) is 1. The molecule has 0 spiro atoms. The maximum absolute atomic E-state index is 10.2. The van der Waals surface area contributed by atoms with Gasteiger partial charge in [0.2, 0.25) is 0 Å². The summed E-state index contributed by atoms with van der Waals surface area (Å²) in [5.41, 5.74) is 0. The normalized spacial score (nSPS) is 16.1. The third kappa shape index (κ3) is 7.93. The van der Waals surface area contributed by atoms with Gasteiger partial charge in [-0.05, 0) is 0 Å². The van der Waals surface area contributed by atoms with Crippen molar-refractivity contribution in [1.82, 2.24) is 0 Å². The third-order valence-corrected chi connectivity index (χ3v) is 1.95. The molecule has 0 aliphatic heterocycles. The molecule has 0 aromatic carbocycles. The van der Waals surface area contributed by atoms with E-state index < -0.39 is 22.0 Å². The zero-order valence-electron chi connectivity index (χ0n) is 7.52. The van der Waals surface area contributed by atoms with E-state index in [0.29, 0.717) is 4.48 Å². The SMILES string of the molecule is C[N+](C)(C)CC(O)CS(=O)(=O)[O-]. The Morgan fingerprint density at radius 1 is 1.42 bits per heavy atom. The lowest BCUT2D eigenvalue weighted by molar-refractivity contribution is -0.873. The quantitative estimate of drug-likeness (QED) is 0.444. The number of aliphatic hydroxyl groups is 1. The maximum Gasteiger partial charge on any atom is 0.116 e. The van der Waals surface area contributed by atoms with Crippen molar-refractivity contribution in [2.45, 2.75) is 6.10 Å². The number of hydrogen-bond acceptors (Lipinski definition) is 4. The molecule has 0 saturated heterocycles. The molecular formula is C6H15NO4S. The third-order valence-electron chi connectivity index (χ3n) is 1.15. The van der Waals surface area contributed by atoms with E-state index in [4.69, 9.17) is 5.11 Å². The van der Waals surface area contributed by atoms with Gasteiger partial charge in [-0.15, -0.1) is 0 Å². The second-order valence-corrected chi connectivity index (χ2v) is 5.30. The van der Waals surface area contributed by atoms with Gasteiger partial charge in [0.25, 0.3) is 0 Å². The van der Waals surface area contributed by atoms with Gasteiger partial charge in [0.05, 0.1) is 37.0 Å². The summed E-state index contributed by atoms with van der Waals surface area (Å²) in [4.78, 5) is 0. The van der Waals surface area contributed by atoms with Crippen LogP contribution in [-0.4, -0.2) is 62.1 Å². The van der Waals surface area contributed by atoms with Gasteiger partial charge in [-0.3, -0.25) is 0 Å². The lowest BCUT2D eigenvalue weighted by atomic mass is 10.3. The summed E-state index contributed by atoms with van der Waals surface area (Å²) in [6.45, 7) is 0.251. The Kier molecular flexibility index (Phi) is 3.64. The molecular weight excluding hydrogens is 182 g/mol. The maximum atomic E-state index is 10.2. The Balaban J connectivity index is 4.00. The van der Waals surface area contributed by atoms with Crippen LogP contribution in [0, 0.1) is 0 Å². The first-order valence-corrected chi connectivity index (χ1v) is 5.10. The van der Waals surface area contributed by atoms with E-state index in [2.05, 4.69) is 0 Å². The molecule has 0 bridgehead atoms. The molecule has 0 amide bonds. The summed E-state index contributed by atoms with van der Waals surface area (Å²) >= 11 is 0. The molecule has 6 heteroatoms. The Hall–Kier alpha value is -0.170. The molecule has 0 heterocycles. The van der Waals surface area contributed by atoms with Gasteiger partial charge in [0, 0.05) is 0 Å². The minimum absolute atomic E-state index is 0.251. The van der Waals surface area contributed by atoms with Gasteiger partial charge in [-0.25, -0.2) is 8.42 Å². The fourth-order valence-electron chi connectivity index (χ4n) is 0.921. The van der Waals surface area contributed by atoms with E-state index in [9.17, 15) is 13.0 Å². The second-order valence-electron chi connectivity index (χ2n) is 3.85. The minimum Gasteiger partial charge on any atom is -0.748 e. The molecule has 1 N–H and O–H groups in total. The lowest BCUT2D eigenvalue weighted by Crippen LogP contribution is -2.43. The summed E-state index contributed by atoms with van der Waals surface area (Å²) in [5.74, 6) is -0.706. The van der Waals surface area contributed by atoms with Crippen molar-refractivity contribution in [3.8, 4) is 0 Å². The highest BCUT2D eigenvalue weighted by atomic mass is 32.2. The first-order chi connectivity index (χ1) is 5.10. The molecule has 0 aromatic rings. The van der Waals surface area contributed by atoms with Crippen LogP contribution in [-0.2, 0) is 10.1 Å². The van der Waals surface area contributed by atoms with Crippen LogP contribution in [0.4, 0.5) is 0 Å². The summed E-state index contributed by atoms with van der Waals surface area (Å²) in [6, 6.07) is 0. The van der Waals surface area contributed by atoms with E-state index in [1.165, 1.54) is 0 Å². The van der Waals surface area contributed by atoms with Crippen LogP contribution in [0.3, 0.4) is 0 Å². The molecule has 0 aliphatic carbocycles. The van der Waals surface area contributed by atoms with Crippen LogP contribution in [0.2, 0.25) is 0 Å². The van der Waals surface area contributed by atoms with Gasteiger partial charge in [-0.1, -0.05) is 0 Å². The predicted octanol–water partition coefficient (Wildman–Crippen LogP) is -1.40. The Morgan fingerprint density at radius 3 is 2.08 bits per heavy atom. The number of hydrogen-bond donors (Lipinski definition) is 1. The van der Waals surface area contributed by atoms with Crippen LogP contribution < -0.4 is 0 Å². The van der Waals surface area contributed by atoms with Crippen molar-refractivity contribution < 1.29 is 22.6 Å². The Morgan fingerprint density at radius 2 is 1.83 bits per heavy atom. The van der Waals surface area contributed by atoms with Crippen LogP contribution in [0.15, 0.2) is 0 Å². The van der Waals surface area contributed by atoms with Crippen LogP contribution in [0.5, 0.6) is 0 Å². The summed E-state index contributed by atoms with van der Waals surface area (Å²) in [7, 11) is 1.11. The van der Waals surface area contributed by atoms with E-state index in [0.717, 1.165) is 0 Å². The monoisotopic (exact) mass is 197 g/mol. The zero-order chi connectivity index (χ0) is 9.99. The summed E-state index contributed by atoms with van der Waals surface area (Å²) in [5, 5.41) is 9.13. The predicted molar refractivity (Wildman–Crippen MR) is 43.5 cm³/mol. The zero-order valence-corrected chi connectivity index (χ0v) is 8.34. The standard InChI is InChI=1S/C6H15NO4S/c1-7(2,3)4-6(8)5-12(9,10)11/h6,8H,4-5H2,1-3H3. The molecule has 5 nitrogen and oxygen atoms in total. The number of nitrogens with zero attached hydrogens (tertiary/aromatic N) is 1. The van der Waals surface area contributed by atoms with Gasteiger partial charge in [-0.2, -0.15) is 0 Å². The molecule has 1 atom stereocenters. The van der Waals surface area contributed by atoms with Gasteiger partial charge < -0.3 is 14.1 Å². The van der Waals surface area contributed by atoms with Crippen molar-refractivity contribution in [1.29, 1.82) is 0 Å². The van der Waals surface area contributed by atoms with E-state index in [1.54, 1.807) is 21.1 Å². The molecule has 0 aliphatic rings. The lowest BCUT2D eigenvalue weighted by Gasteiger charge is -2.27. The summed E-state index contributed by atoms with van der Waals surface area (Å²) in [6.07, 6.45) is -1.08. The Bertz CT molecular complexity index is 228. The molecule has 0 aromatic heterocycles. The van der Waals surface area contributed by atoms with Crippen molar-refractivity contribution >= 4 is 10.1 Å². The highest BCUT2D eigenvalue weighted by molar-refractivity contribution is 7.85. The van der Waals surface area contributed by atoms with Gasteiger partial charge >= 0.3 is 0 Å². The highest BCUT2D eigenvalue weighted by Gasteiger charge is 2.17. The minimum atomic E-state index is -4.31. The molecule has 0 rings (SSSR count). The summed E-state index contributed by atoms with van der Waals surface area (Å²) < 4.78 is 31.0. The first-order valence-electron chi connectivity index (χ1n) is 3.52. The van der Waals surface area contributed by atoms with Crippen LogP contribution in [0.25, 0.3) is 0 Å². The topological polar surface area (TPSA) is 77.4 Å². The smallest absolute Gasteiger partial charge is 0.116 e. The van der Waals surface area contributed by atoms with Crippen LogP contribution >= 0.6 is 0 Å². The highest BCUT2D eigenvalue weighted by Crippen LogP contribution is 1.97. The molecule has 0 fully saturated rings. The number of aliphatic hydroxyl groups excluding tert-OH is 1. The van der Waals surface area contributed by atoms with Crippen molar-refractivity contribution in [3.05, 3.63) is 0 Å². The number of quaternary nitrogens is 1. The van der Waals surface area contributed by atoms with Crippen molar-refractivity contribution in [2.75, 3.05) is 33.4 Å². The van der Waals surface area contributed by atoms with Crippen molar-refractivity contribution in [3.63, 3.8) is 0 Å². The first kappa shape index (κ1) is 11.8. The average Bonchev–Trinajstić information content (AvgIpc) is 1.49. The molecule has 0 saturated carbocycles. The average molecular weight is 197 g/mol. The molecule has 12 heavy (non-hydrogen) atoms. The Labute approximate surface area is 73.0 Å². The molecule has 0 radical (unpaired) electrons. The second kappa shape index (κ2) is 3.69. The molecule has 74 valence electrons. The number of rotatable bonds is 4. The fourth-order valence-corrected chi connectivity index (χ4v) is 1.50. The van der Waals surface area contributed by atoms with E-state index in [1.807, 2.05) is 0 Å². The van der Waals surface area contributed by atoms with Crippen LogP contribution in [0.1, 0.15) is 0 Å². The van der Waals surface area contributed by atoms with Gasteiger partial charge in [0.15, 0.2) is 0 Å². The fraction of sp³-hybridized carbons (Fsp3) is 1.00.